The van der Waals surface area contributed by atoms with Gasteiger partial charge in [0.05, 0.1) is 0 Å². The fourth-order valence-electron chi connectivity index (χ4n) is 0. The molecule has 0 aromatic carbocycles. The second kappa shape index (κ2) is 198. The molecule has 0 N–H and O–H groups in total. The molecule has 0 aliphatic rings. The standard InChI is InChI=1S/Co.Cr.5O.Ta/q+2;+3;5*-2;+5. The van der Waals surface area contributed by atoms with E-state index in [4.69, 9.17) is 0 Å². The molecule has 0 heterocycles. The quantitative estimate of drug-likeness (QED) is 0.535. The van der Waals surface area contributed by atoms with Crippen molar-refractivity contribution in [2.75, 3.05) is 0 Å². The van der Waals surface area contributed by atoms with Crippen molar-refractivity contribution in [1.29, 1.82) is 0 Å². The molecule has 8 heteroatoms. The Hall–Kier alpha value is 1.58. The predicted molar refractivity (Wildman–Crippen MR) is 3.43 cm³/mol. The topological polar surface area (TPSA) is 142 Å². The van der Waals surface area contributed by atoms with Crippen molar-refractivity contribution in [3.63, 3.8) is 0 Å². The molecule has 0 aliphatic heterocycles. The minimum atomic E-state index is 0. The monoisotopic (exact) mass is 372 g/mol. The van der Waals surface area contributed by atoms with Gasteiger partial charge in [-0.3, -0.25) is 0 Å². The summed E-state index contributed by atoms with van der Waals surface area (Å²) in [5, 5.41) is 0. The van der Waals surface area contributed by atoms with Crippen LogP contribution < -0.4 is 0 Å². The van der Waals surface area contributed by atoms with Crippen LogP contribution in [0.2, 0.25) is 0 Å². The smallest absolute Gasteiger partial charge is 2.00 e. The summed E-state index contributed by atoms with van der Waals surface area (Å²) in [6.45, 7) is 0. The van der Waals surface area contributed by atoms with Gasteiger partial charge in [0.25, 0.3) is 0 Å². The number of hydrogen-bond acceptors (Lipinski definition) is 0. The van der Waals surface area contributed by atoms with Gasteiger partial charge in [-0.2, -0.15) is 0 Å². The zero-order valence-electron chi connectivity index (χ0n) is 3.23. The van der Waals surface area contributed by atoms with E-state index in [9.17, 15) is 0 Å². The minimum Gasteiger partial charge on any atom is -2.00 e. The maximum Gasteiger partial charge on any atom is 5.00 e. The molecule has 0 saturated heterocycles. The Morgan fingerprint density at radius 2 is 0.500 bits per heavy atom. The van der Waals surface area contributed by atoms with E-state index in [0.717, 1.165) is 0 Å². The van der Waals surface area contributed by atoms with Crippen LogP contribution in [-0.2, 0) is 83.9 Å². The zero-order valence-corrected chi connectivity index (χ0v) is 8.76. The molecule has 0 rings (SSSR count). The molecule has 0 saturated carbocycles. The summed E-state index contributed by atoms with van der Waals surface area (Å²) in [7, 11) is 0. The van der Waals surface area contributed by atoms with Crippen molar-refractivity contribution in [2.24, 2.45) is 0 Å². The van der Waals surface area contributed by atoms with Crippen LogP contribution in [0.25, 0.3) is 0 Å². The van der Waals surface area contributed by atoms with Gasteiger partial charge >= 0.3 is 56.5 Å². The first-order valence-electron chi connectivity index (χ1n) is 0. The van der Waals surface area contributed by atoms with E-state index in [1.54, 1.807) is 0 Å². The maximum absolute atomic E-state index is 0. The van der Waals surface area contributed by atoms with Gasteiger partial charge in [0.1, 0.15) is 0 Å². The van der Waals surface area contributed by atoms with E-state index < -0.39 is 0 Å². The van der Waals surface area contributed by atoms with Gasteiger partial charge in [-0.15, -0.1) is 0 Å². The van der Waals surface area contributed by atoms with Crippen LogP contribution >= 0.6 is 0 Å². The number of rotatable bonds is 0. The average Bonchev–Trinajstić information content (AvgIpc) is 0. The van der Waals surface area contributed by atoms with Gasteiger partial charge in [-0.05, 0) is 0 Å². The SMILES string of the molecule is [Co+2].[Cr+3].[O-2].[O-2].[O-2].[O-2].[O-2].[Ta+5]. The van der Waals surface area contributed by atoms with Crippen molar-refractivity contribution in [3.05, 3.63) is 0 Å². The van der Waals surface area contributed by atoms with Gasteiger partial charge in [-0.25, -0.2) is 0 Å². The third kappa shape index (κ3) is 132. The Labute approximate surface area is 83.6 Å². The van der Waals surface area contributed by atoms with Crippen LogP contribution in [0.1, 0.15) is 0 Å². The summed E-state index contributed by atoms with van der Waals surface area (Å²) in [5.74, 6) is 0. The Balaban J connectivity index is 0. The van der Waals surface area contributed by atoms with E-state index in [0.29, 0.717) is 0 Å². The van der Waals surface area contributed by atoms with Crippen molar-refractivity contribution in [3.8, 4) is 0 Å². The molecule has 50 valence electrons. The fraction of sp³-hybridized carbons (Fsp3) is 0. The zero-order chi connectivity index (χ0) is 0. The van der Waals surface area contributed by atoms with Crippen LogP contribution in [0.3, 0.4) is 0 Å². The maximum atomic E-state index is 0. The van der Waals surface area contributed by atoms with Crippen LogP contribution in [0.4, 0.5) is 0 Å². The third-order valence-electron chi connectivity index (χ3n) is 0. The summed E-state index contributed by atoms with van der Waals surface area (Å²) in [6.07, 6.45) is 0. The fourth-order valence-corrected chi connectivity index (χ4v) is 0. The summed E-state index contributed by atoms with van der Waals surface area (Å²) in [5.41, 5.74) is 0. The van der Waals surface area contributed by atoms with Crippen molar-refractivity contribution in [1.82, 2.24) is 0 Å². The van der Waals surface area contributed by atoms with Gasteiger partial charge in [0.2, 0.25) is 0 Å². The molecule has 0 aromatic heterocycles. The first-order valence-corrected chi connectivity index (χ1v) is 0. The second-order valence-corrected chi connectivity index (χ2v) is 0. The molecular formula is CoCrO5Ta. The van der Waals surface area contributed by atoms with E-state index in [2.05, 4.69) is 0 Å². The molecule has 5 nitrogen and oxygen atoms in total. The van der Waals surface area contributed by atoms with Crippen LogP contribution in [0, 0.1) is 0 Å². The van der Waals surface area contributed by atoms with Crippen molar-refractivity contribution >= 4 is 0 Å². The summed E-state index contributed by atoms with van der Waals surface area (Å²) in [4.78, 5) is 0. The van der Waals surface area contributed by atoms with E-state index in [1.165, 1.54) is 0 Å². The van der Waals surface area contributed by atoms with Gasteiger partial charge in [0.15, 0.2) is 0 Å². The minimum absolute atomic E-state index is 0. The molecule has 0 bridgehead atoms. The second-order valence-electron chi connectivity index (χ2n) is 0. The summed E-state index contributed by atoms with van der Waals surface area (Å²) in [6, 6.07) is 0. The largest absolute Gasteiger partial charge is 5.00 e. The molecule has 0 spiro atoms. The molecule has 0 fully saturated rings. The van der Waals surface area contributed by atoms with E-state index in [1.807, 2.05) is 0 Å². The average molecular weight is 372 g/mol. The summed E-state index contributed by atoms with van der Waals surface area (Å²) < 4.78 is 0. The van der Waals surface area contributed by atoms with Gasteiger partial charge in [0, 0.05) is 0 Å². The summed E-state index contributed by atoms with van der Waals surface area (Å²) >= 11 is 0. The van der Waals surface area contributed by atoms with Gasteiger partial charge in [-0.1, -0.05) is 0 Å². The van der Waals surface area contributed by atoms with Crippen LogP contribution in [0.5, 0.6) is 0 Å². The van der Waals surface area contributed by atoms with E-state index >= 15 is 0 Å². The molecular weight excluding hydrogens is 372 g/mol. The molecule has 0 atom stereocenters. The Bertz CT molecular complexity index is 12.4. The molecule has 0 aromatic rings. The van der Waals surface area contributed by atoms with E-state index in [-0.39, 0.29) is 83.9 Å². The predicted octanol–water partition coefficient (Wildman–Crippen LogP) is -0.601. The van der Waals surface area contributed by atoms with Crippen LogP contribution in [-0.4, -0.2) is 0 Å². The van der Waals surface area contributed by atoms with Crippen molar-refractivity contribution < 1.29 is 83.9 Å². The first-order chi connectivity index (χ1) is 0. The number of hydrogen-bond donors (Lipinski definition) is 0. The Morgan fingerprint density at radius 3 is 0.500 bits per heavy atom. The first kappa shape index (κ1) is 283. The molecule has 0 amide bonds. The molecule has 8 heavy (non-hydrogen) atoms. The van der Waals surface area contributed by atoms with Crippen molar-refractivity contribution in [2.45, 2.75) is 0 Å². The molecule has 0 unspecified atom stereocenters. The Kier molecular flexibility index (Phi) is 6980. The molecule has 2 radical (unpaired) electrons. The Morgan fingerprint density at radius 1 is 0.500 bits per heavy atom. The van der Waals surface area contributed by atoms with Crippen LogP contribution in [0.15, 0.2) is 0 Å². The normalized spacial score (nSPS) is 0. The molecule has 0 aliphatic carbocycles. The van der Waals surface area contributed by atoms with Gasteiger partial charge < -0.3 is 27.4 Å². The third-order valence-corrected chi connectivity index (χ3v) is 0.